The molecule has 0 aliphatic heterocycles. The molecule has 0 spiro atoms. The molecule has 24 heavy (non-hydrogen) atoms. The average Bonchev–Trinajstić information content (AvgIpc) is 3.08. The minimum Gasteiger partial charge on any atom is -0.316 e. The van der Waals surface area contributed by atoms with Gasteiger partial charge in [-0.15, -0.1) is 11.8 Å². The molecule has 0 fully saturated rings. The van der Waals surface area contributed by atoms with Gasteiger partial charge in [-0.05, 0) is 43.9 Å². The molecule has 0 saturated heterocycles. The molecule has 0 N–H and O–H groups in total. The maximum Gasteiger partial charge on any atom is 0.300 e. The van der Waals surface area contributed by atoms with Crippen molar-refractivity contribution in [2.45, 2.75) is 31.7 Å². The summed E-state index contributed by atoms with van der Waals surface area (Å²) >= 11 is 3.27. The SMILES string of the molecule is CCCn1c(=NC(=O)c2cc(C)n(C)n2)sc2cc(SC)ccc21. The van der Waals surface area contributed by atoms with Crippen molar-refractivity contribution in [3.05, 3.63) is 40.5 Å². The zero-order chi connectivity index (χ0) is 17.3. The number of hydrogen-bond acceptors (Lipinski definition) is 4. The van der Waals surface area contributed by atoms with Crippen LogP contribution in [0.25, 0.3) is 10.2 Å². The van der Waals surface area contributed by atoms with Crippen molar-refractivity contribution in [3.8, 4) is 0 Å². The lowest BCUT2D eigenvalue weighted by Gasteiger charge is -2.03. The average molecular weight is 361 g/mol. The predicted molar refractivity (Wildman–Crippen MR) is 99.7 cm³/mol. The largest absolute Gasteiger partial charge is 0.316 e. The highest BCUT2D eigenvalue weighted by Crippen LogP contribution is 2.24. The number of carbonyl (C=O) groups is 1. The van der Waals surface area contributed by atoms with Gasteiger partial charge in [-0.2, -0.15) is 10.1 Å². The van der Waals surface area contributed by atoms with Crippen LogP contribution >= 0.6 is 23.1 Å². The summed E-state index contributed by atoms with van der Waals surface area (Å²) in [6.45, 7) is 4.89. The van der Waals surface area contributed by atoms with E-state index in [1.54, 1.807) is 33.8 Å². The fraction of sp³-hybridized carbons (Fsp3) is 0.353. The maximum atomic E-state index is 12.5. The smallest absolute Gasteiger partial charge is 0.300 e. The van der Waals surface area contributed by atoms with Crippen LogP contribution in [-0.4, -0.2) is 26.5 Å². The van der Waals surface area contributed by atoms with Crippen LogP contribution in [0.3, 0.4) is 0 Å². The molecule has 0 aliphatic carbocycles. The van der Waals surface area contributed by atoms with Crippen LogP contribution < -0.4 is 4.80 Å². The number of thioether (sulfide) groups is 1. The molecule has 0 unspecified atom stereocenters. The molecule has 1 amide bonds. The summed E-state index contributed by atoms with van der Waals surface area (Å²) in [6.07, 6.45) is 3.05. The molecule has 0 atom stereocenters. The predicted octanol–water partition coefficient (Wildman–Crippen LogP) is 3.62. The number of aromatic nitrogens is 3. The van der Waals surface area contributed by atoms with Crippen molar-refractivity contribution in [1.82, 2.24) is 14.3 Å². The van der Waals surface area contributed by atoms with Gasteiger partial charge in [0.25, 0.3) is 5.91 Å². The summed E-state index contributed by atoms with van der Waals surface area (Å²) in [4.78, 5) is 18.8. The summed E-state index contributed by atoms with van der Waals surface area (Å²) in [5.41, 5.74) is 2.46. The summed E-state index contributed by atoms with van der Waals surface area (Å²) < 4.78 is 4.97. The molecule has 2 heterocycles. The van der Waals surface area contributed by atoms with Crippen molar-refractivity contribution < 1.29 is 4.79 Å². The fourth-order valence-electron chi connectivity index (χ4n) is 2.51. The van der Waals surface area contributed by atoms with E-state index in [2.05, 4.69) is 46.0 Å². The van der Waals surface area contributed by atoms with Gasteiger partial charge in [-0.25, -0.2) is 0 Å². The zero-order valence-electron chi connectivity index (χ0n) is 14.2. The Kier molecular flexibility index (Phi) is 4.91. The van der Waals surface area contributed by atoms with E-state index in [9.17, 15) is 4.79 Å². The first-order valence-corrected chi connectivity index (χ1v) is 9.84. The van der Waals surface area contributed by atoms with Crippen molar-refractivity contribution in [2.24, 2.45) is 12.0 Å². The molecule has 126 valence electrons. The van der Waals surface area contributed by atoms with E-state index in [0.29, 0.717) is 5.69 Å². The molecule has 0 saturated carbocycles. The number of benzene rings is 1. The number of aryl methyl sites for hydroxylation is 3. The number of amides is 1. The molecule has 0 aliphatic rings. The summed E-state index contributed by atoms with van der Waals surface area (Å²) in [6, 6.07) is 8.15. The number of hydrogen-bond donors (Lipinski definition) is 0. The van der Waals surface area contributed by atoms with E-state index in [0.717, 1.165) is 33.7 Å². The highest BCUT2D eigenvalue weighted by molar-refractivity contribution is 7.98. The molecule has 0 bridgehead atoms. The van der Waals surface area contributed by atoms with Crippen molar-refractivity contribution in [3.63, 3.8) is 0 Å². The molecule has 5 nitrogen and oxygen atoms in total. The highest BCUT2D eigenvalue weighted by atomic mass is 32.2. The van der Waals surface area contributed by atoms with Gasteiger partial charge in [0.05, 0.1) is 10.2 Å². The fourth-order valence-corrected chi connectivity index (χ4v) is 4.12. The maximum absolute atomic E-state index is 12.5. The van der Waals surface area contributed by atoms with Crippen LogP contribution in [0, 0.1) is 6.92 Å². The monoisotopic (exact) mass is 360 g/mol. The number of nitrogens with zero attached hydrogens (tertiary/aromatic N) is 4. The normalized spacial score (nSPS) is 12.2. The third-order valence-electron chi connectivity index (χ3n) is 3.87. The standard InChI is InChI=1S/C17H20N4OS2/c1-5-8-21-14-7-6-12(23-4)10-15(14)24-17(21)18-16(22)13-9-11(2)20(3)19-13/h6-7,9-10H,5,8H2,1-4H3. The minimum atomic E-state index is -0.291. The minimum absolute atomic E-state index is 0.291. The number of carbonyl (C=O) groups excluding carboxylic acids is 1. The van der Waals surface area contributed by atoms with Gasteiger partial charge in [0.2, 0.25) is 0 Å². The molecule has 2 aromatic heterocycles. The Morgan fingerprint density at radius 3 is 2.79 bits per heavy atom. The van der Waals surface area contributed by atoms with Gasteiger partial charge in [0.15, 0.2) is 10.5 Å². The first-order valence-electron chi connectivity index (χ1n) is 7.80. The van der Waals surface area contributed by atoms with Crippen LogP contribution in [0.4, 0.5) is 0 Å². The van der Waals surface area contributed by atoms with Crippen LogP contribution in [0.5, 0.6) is 0 Å². The molecule has 3 aromatic rings. The summed E-state index contributed by atoms with van der Waals surface area (Å²) in [5.74, 6) is -0.291. The number of rotatable bonds is 4. The van der Waals surface area contributed by atoms with E-state index in [1.807, 2.05) is 14.0 Å². The Morgan fingerprint density at radius 2 is 2.17 bits per heavy atom. The quantitative estimate of drug-likeness (QED) is 0.668. The van der Waals surface area contributed by atoms with Gasteiger partial charge in [-0.1, -0.05) is 18.3 Å². The van der Waals surface area contributed by atoms with E-state index >= 15 is 0 Å². The Morgan fingerprint density at radius 1 is 1.38 bits per heavy atom. The van der Waals surface area contributed by atoms with Gasteiger partial charge < -0.3 is 4.57 Å². The summed E-state index contributed by atoms with van der Waals surface area (Å²) in [5, 5.41) is 4.23. The van der Waals surface area contributed by atoms with Crippen LogP contribution in [0.15, 0.2) is 34.2 Å². The molecular formula is C17H20N4OS2. The lowest BCUT2D eigenvalue weighted by Crippen LogP contribution is -2.17. The van der Waals surface area contributed by atoms with Crippen molar-refractivity contribution in [1.29, 1.82) is 0 Å². The Hall–Kier alpha value is -1.86. The Balaban J connectivity index is 2.12. The molecule has 3 rings (SSSR count). The third-order valence-corrected chi connectivity index (χ3v) is 5.63. The number of fused-ring (bicyclic) bond motifs is 1. The molecular weight excluding hydrogens is 340 g/mol. The van der Waals surface area contributed by atoms with E-state index < -0.39 is 0 Å². The topological polar surface area (TPSA) is 52.2 Å². The van der Waals surface area contributed by atoms with Gasteiger partial charge in [0.1, 0.15) is 0 Å². The first-order chi connectivity index (χ1) is 11.5. The van der Waals surface area contributed by atoms with Gasteiger partial charge >= 0.3 is 0 Å². The lowest BCUT2D eigenvalue weighted by molar-refractivity contribution is 0.0992. The van der Waals surface area contributed by atoms with Crippen LogP contribution in [0.1, 0.15) is 29.5 Å². The Labute approximate surface area is 149 Å². The molecule has 1 aromatic carbocycles. The van der Waals surface area contributed by atoms with E-state index in [4.69, 9.17) is 0 Å². The summed E-state index contributed by atoms with van der Waals surface area (Å²) in [7, 11) is 1.83. The first kappa shape index (κ1) is 17.0. The second-order valence-corrected chi connectivity index (χ2v) is 7.47. The second kappa shape index (κ2) is 6.94. The van der Waals surface area contributed by atoms with Crippen molar-refractivity contribution in [2.75, 3.05) is 6.26 Å². The second-order valence-electron chi connectivity index (χ2n) is 5.58. The third kappa shape index (κ3) is 3.18. The van der Waals surface area contributed by atoms with E-state index in [1.165, 1.54) is 4.90 Å². The highest BCUT2D eigenvalue weighted by Gasteiger charge is 2.12. The zero-order valence-corrected chi connectivity index (χ0v) is 15.9. The number of thiazole rings is 1. The molecule has 7 heteroatoms. The van der Waals surface area contributed by atoms with E-state index in [-0.39, 0.29) is 5.91 Å². The van der Waals surface area contributed by atoms with Crippen LogP contribution in [-0.2, 0) is 13.6 Å². The van der Waals surface area contributed by atoms with Gasteiger partial charge in [-0.3, -0.25) is 9.48 Å². The van der Waals surface area contributed by atoms with Crippen LogP contribution in [0.2, 0.25) is 0 Å². The van der Waals surface area contributed by atoms with Gasteiger partial charge in [0, 0.05) is 24.2 Å². The molecule has 0 radical (unpaired) electrons. The Bertz CT molecular complexity index is 945. The lowest BCUT2D eigenvalue weighted by atomic mass is 10.3. The van der Waals surface area contributed by atoms with Crippen molar-refractivity contribution >= 4 is 39.2 Å².